The van der Waals surface area contributed by atoms with E-state index in [0.29, 0.717) is 6.04 Å². The van der Waals surface area contributed by atoms with Crippen molar-refractivity contribution in [3.8, 4) is 0 Å². The second-order valence-electron chi connectivity index (χ2n) is 3.47. The Morgan fingerprint density at radius 3 is 2.75 bits per heavy atom. The molecule has 0 radical (unpaired) electrons. The molecule has 1 N–H and O–H groups in total. The van der Waals surface area contributed by atoms with Crippen LogP contribution in [0.1, 0.15) is 39.5 Å². The summed E-state index contributed by atoms with van der Waals surface area (Å²) in [6.45, 7) is 4.10. The Hall–Kier alpha value is -0.790. The third-order valence-corrected chi connectivity index (χ3v) is 2.33. The van der Waals surface area contributed by atoms with Crippen LogP contribution >= 0.6 is 0 Å². The van der Waals surface area contributed by atoms with E-state index in [1.54, 1.807) is 6.08 Å². The standard InChI is InChI=1S/C10H17NO/c1-3-8(2)11-10(12)7-9-5-4-6-9/h7-8H,3-6H2,1-2H3,(H,11,12). The van der Waals surface area contributed by atoms with Gasteiger partial charge in [-0.15, -0.1) is 0 Å². The molecule has 1 aliphatic rings. The summed E-state index contributed by atoms with van der Waals surface area (Å²) < 4.78 is 0. The predicted molar refractivity (Wildman–Crippen MR) is 49.8 cm³/mol. The maximum atomic E-state index is 11.2. The number of carbonyl (C=O) groups excluding carboxylic acids is 1. The summed E-state index contributed by atoms with van der Waals surface area (Å²) in [7, 11) is 0. The van der Waals surface area contributed by atoms with Crippen LogP contribution in [-0.2, 0) is 4.79 Å². The van der Waals surface area contributed by atoms with Crippen molar-refractivity contribution in [2.75, 3.05) is 0 Å². The number of hydrogen-bond acceptors (Lipinski definition) is 1. The fourth-order valence-electron chi connectivity index (χ4n) is 1.10. The van der Waals surface area contributed by atoms with Crippen LogP contribution in [0.25, 0.3) is 0 Å². The lowest BCUT2D eigenvalue weighted by Crippen LogP contribution is -2.30. The molecule has 2 nitrogen and oxygen atoms in total. The van der Waals surface area contributed by atoms with Crippen molar-refractivity contribution in [1.29, 1.82) is 0 Å². The van der Waals surface area contributed by atoms with Gasteiger partial charge in [0.15, 0.2) is 0 Å². The van der Waals surface area contributed by atoms with Crippen LogP contribution < -0.4 is 5.32 Å². The van der Waals surface area contributed by atoms with Crippen LogP contribution in [0, 0.1) is 0 Å². The van der Waals surface area contributed by atoms with Gasteiger partial charge in [0.2, 0.25) is 5.91 Å². The van der Waals surface area contributed by atoms with Crippen molar-refractivity contribution >= 4 is 5.91 Å². The third-order valence-electron chi connectivity index (χ3n) is 2.33. The summed E-state index contributed by atoms with van der Waals surface area (Å²) in [4.78, 5) is 11.2. The number of carbonyl (C=O) groups is 1. The van der Waals surface area contributed by atoms with Crippen molar-refractivity contribution in [3.05, 3.63) is 11.6 Å². The Labute approximate surface area is 74.0 Å². The number of nitrogens with one attached hydrogen (secondary N) is 1. The van der Waals surface area contributed by atoms with Gasteiger partial charge in [-0.2, -0.15) is 0 Å². The number of rotatable bonds is 3. The predicted octanol–water partition coefficient (Wildman–Crippen LogP) is 2.01. The van der Waals surface area contributed by atoms with Crippen molar-refractivity contribution in [3.63, 3.8) is 0 Å². The van der Waals surface area contributed by atoms with Gasteiger partial charge in [-0.3, -0.25) is 4.79 Å². The van der Waals surface area contributed by atoms with E-state index in [1.807, 2.05) is 6.92 Å². The van der Waals surface area contributed by atoms with Crippen molar-refractivity contribution < 1.29 is 4.79 Å². The molecule has 68 valence electrons. The van der Waals surface area contributed by atoms with Crippen LogP contribution in [0.4, 0.5) is 0 Å². The average Bonchev–Trinajstić information content (AvgIpc) is 1.97. The van der Waals surface area contributed by atoms with E-state index in [-0.39, 0.29) is 5.91 Å². The highest BCUT2D eigenvalue weighted by atomic mass is 16.1. The Kier molecular flexibility index (Phi) is 3.32. The first-order valence-electron chi connectivity index (χ1n) is 4.72. The van der Waals surface area contributed by atoms with Crippen molar-refractivity contribution in [2.45, 2.75) is 45.6 Å². The maximum Gasteiger partial charge on any atom is 0.244 e. The minimum atomic E-state index is 0.0825. The summed E-state index contributed by atoms with van der Waals surface area (Å²) in [6, 6.07) is 0.300. The molecule has 1 amide bonds. The summed E-state index contributed by atoms with van der Waals surface area (Å²) in [6.07, 6.45) is 6.24. The summed E-state index contributed by atoms with van der Waals surface area (Å²) in [5.41, 5.74) is 1.30. The van der Waals surface area contributed by atoms with E-state index in [9.17, 15) is 4.79 Å². The minimum absolute atomic E-state index is 0.0825. The Morgan fingerprint density at radius 1 is 1.67 bits per heavy atom. The molecule has 0 aromatic heterocycles. The molecule has 0 aromatic carbocycles. The summed E-state index contributed by atoms with van der Waals surface area (Å²) in [5, 5.41) is 2.91. The zero-order valence-corrected chi connectivity index (χ0v) is 7.89. The van der Waals surface area contributed by atoms with Gasteiger partial charge in [0, 0.05) is 12.1 Å². The number of amides is 1. The molecular formula is C10H17NO. The molecule has 0 heterocycles. The lowest BCUT2D eigenvalue weighted by Gasteiger charge is -2.16. The van der Waals surface area contributed by atoms with Crippen molar-refractivity contribution in [1.82, 2.24) is 5.32 Å². The highest BCUT2D eigenvalue weighted by molar-refractivity contribution is 5.88. The van der Waals surface area contributed by atoms with Gasteiger partial charge in [0.25, 0.3) is 0 Å². The molecule has 0 aromatic rings. The first-order chi connectivity index (χ1) is 5.72. The van der Waals surface area contributed by atoms with Crippen LogP contribution in [0.3, 0.4) is 0 Å². The minimum Gasteiger partial charge on any atom is -0.350 e. The quantitative estimate of drug-likeness (QED) is 0.640. The van der Waals surface area contributed by atoms with Crippen LogP contribution in [-0.4, -0.2) is 11.9 Å². The normalized spacial score (nSPS) is 18.0. The molecule has 1 fully saturated rings. The molecule has 1 rings (SSSR count). The molecule has 2 heteroatoms. The molecule has 0 spiro atoms. The van der Waals surface area contributed by atoms with E-state index >= 15 is 0 Å². The number of allylic oxidation sites excluding steroid dienone is 1. The number of hydrogen-bond donors (Lipinski definition) is 1. The maximum absolute atomic E-state index is 11.2. The van der Waals surface area contributed by atoms with E-state index < -0.39 is 0 Å². The Morgan fingerprint density at radius 2 is 2.33 bits per heavy atom. The SMILES string of the molecule is CCC(C)NC(=O)C=C1CCC1. The summed E-state index contributed by atoms with van der Waals surface area (Å²) in [5.74, 6) is 0.0825. The second kappa shape index (κ2) is 4.29. The van der Waals surface area contributed by atoms with Gasteiger partial charge in [-0.1, -0.05) is 12.5 Å². The molecule has 0 saturated heterocycles. The van der Waals surface area contributed by atoms with Crippen LogP contribution in [0.15, 0.2) is 11.6 Å². The van der Waals surface area contributed by atoms with E-state index in [1.165, 1.54) is 12.0 Å². The molecule has 1 saturated carbocycles. The highest BCUT2D eigenvalue weighted by Crippen LogP contribution is 2.24. The van der Waals surface area contributed by atoms with E-state index in [4.69, 9.17) is 0 Å². The Bertz CT molecular complexity index is 190. The summed E-state index contributed by atoms with van der Waals surface area (Å²) >= 11 is 0. The van der Waals surface area contributed by atoms with Crippen LogP contribution in [0.2, 0.25) is 0 Å². The lowest BCUT2D eigenvalue weighted by molar-refractivity contribution is -0.117. The fraction of sp³-hybridized carbons (Fsp3) is 0.700. The second-order valence-corrected chi connectivity index (χ2v) is 3.47. The Balaban J connectivity index is 2.28. The first kappa shape index (κ1) is 9.30. The largest absolute Gasteiger partial charge is 0.350 e. The van der Waals surface area contributed by atoms with E-state index in [2.05, 4.69) is 12.2 Å². The van der Waals surface area contributed by atoms with Gasteiger partial charge in [-0.25, -0.2) is 0 Å². The monoisotopic (exact) mass is 167 g/mol. The fourth-order valence-corrected chi connectivity index (χ4v) is 1.10. The molecule has 1 atom stereocenters. The third kappa shape index (κ3) is 2.68. The van der Waals surface area contributed by atoms with Gasteiger partial charge in [0.1, 0.15) is 0 Å². The molecule has 0 aliphatic heterocycles. The van der Waals surface area contributed by atoms with Crippen molar-refractivity contribution in [2.24, 2.45) is 0 Å². The molecule has 1 aliphatic carbocycles. The lowest BCUT2D eigenvalue weighted by atomic mass is 9.92. The molecular weight excluding hydrogens is 150 g/mol. The van der Waals surface area contributed by atoms with Gasteiger partial charge in [0.05, 0.1) is 0 Å². The first-order valence-corrected chi connectivity index (χ1v) is 4.72. The topological polar surface area (TPSA) is 29.1 Å². The zero-order chi connectivity index (χ0) is 8.97. The van der Waals surface area contributed by atoms with Gasteiger partial charge in [-0.05, 0) is 32.6 Å². The van der Waals surface area contributed by atoms with E-state index in [0.717, 1.165) is 19.3 Å². The van der Waals surface area contributed by atoms with Gasteiger partial charge < -0.3 is 5.32 Å². The van der Waals surface area contributed by atoms with Crippen LogP contribution in [0.5, 0.6) is 0 Å². The van der Waals surface area contributed by atoms with Gasteiger partial charge >= 0.3 is 0 Å². The average molecular weight is 167 g/mol. The smallest absolute Gasteiger partial charge is 0.244 e. The highest BCUT2D eigenvalue weighted by Gasteiger charge is 2.10. The molecule has 0 bridgehead atoms. The molecule has 12 heavy (non-hydrogen) atoms. The molecule has 1 unspecified atom stereocenters. The zero-order valence-electron chi connectivity index (χ0n) is 7.89.